The molecule has 134 valence electrons. The van der Waals surface area contributed by atoms with Gasteiger partial charge in [0.2, 0.25) is 11.1 Å². The van der Waals surface area contributed by atoms with Crippen molar-refractivity contribution in [3.8, 4) is 11.4 Å². The predicted octanol–water partition coefficient (Wildman–Crippen LogP) is 3.24. The average Bonchev–Trinajstić information content (AvgIpc) is 2.96. The molecular formula is C17H22ClN5OS. The first kappa shape index (κ1) is 18.1. The van der Waals surface area contributed by atoms with Gasteiger partial charge in [0, 0.05) is 16.6 Å². The van der Waals surface area contributed by atoms with Gasteiger partial charge >= 0.3 is 0 Å². The number of carbonyl (C=O) groups excluding carboxylic acids is 1. The minimum absolute atomic E-state index is 0.0178. The second kappa shape index (κ2) is 8.10. The van der Waals surface area contributed by atoms with Crippen LogP contribution >= 0.6 is 23.4 Å². The lowest BCUT2D eigenvalue weighted by Crippen LogP contribution is -2.40. The molecule has 0 bridgehead atoms. The molecule has 1 aliphatic rings. The first-order chi connectivity index (χ1) is 12.0. The molecule has 6 nitrogen and oxygen atoms in total. The van der Waals surface area contributed by atoms with Gasteiger partial charge in [-0.05, 0) is 31.9 Å². The van der Waals surface area contributed by atoms with Crippen LogP contribution in [0.2, 0.25) is 5.02 Å². The van der Waals surface area contributed by atoms with E-state index in [1.165, 1.54) is 35.7 Å². The van der Waals surface area contributed by atoms with E-state index in [0.29, 0.717) is 22.0 Å². The third kappa shape index (κ3) is 4.46. The van der Waals surface area contributed by atoms with Crippen molar-refractivity contribution in [3.05, 3.63) is 29.3 Å². The predicted molar refractivity (Wildman–Crippen MR) is 101 cm³/mol. The van der Waals surface area contributed by atoms with Gasteiger partial charge in [-0.3, -0.25) is 4.79 Å². The first-order valence-corrected chi connectivity index (χ1v) is 9.74. The molecule has 0 saturated heterocycles. The van der Waals surface area contributed by atoms with Crippen molar-refractivity contribution < 1.29 is 4.79 Å². The fraction of sp³-hybridized carbons (Fsp3) is 0.471. The lowest BCUT2D eigenvalue weighted by atomic mass is 9.95. The zero-order chi connectivity index (χ0) is 17.8. The number of nitrogens with zero attached hydrogens (tertiary/aromatic N) is 3. The molecule has 0 aliphatic heterocycles. The standard InChI is InChI=1S/C17H22ClN5OS/c1-11(16(24)20-14-8-3-2-4-9-14)25-17-22-21-15(23(17)19)12-6-5-7-13(18)10-12/h5-7,10-11,14H,2-4,8-9,19H2,1H3,(H,20,24)/t11-/m0/s1. The van der Waals surface area contributed by atoms with Crippen molar-refractivity contribution in [2.75, 3.05) is 5.84 Å². The SMILES string of the molecule is C[C@H](Sc1nnc(-c2cccc(Cl)c2)n1N)C(=O)NC1CCCCC1. The third-order valence-corrected chi connectivity index (χ3v) is 5.64. The molecule has 2 aromatic rings. The molecule has 1 aromatic heterocycles. The van der Waals surface area contributed by atoms with Crippen molar-refractivity contribution in [2.24, 2.45) is 0 Å². The Kier molecular flexibility index (Phi) is 5.86. The Labute approximate surface area is 156 Å². The van der Waals surface area contributed by atoms with Gasteiger partial charge in [-0.1, -0.05) is 54.8 Å². The number of hydrogen-bond acceptors (Lipinski definition) is 5. The van der Waals surface area contributed by atoms with Crippen LogP contribution in [0.15, 0.2) is 29.4 Å². The smallest absolute Gasteiger partial charge is 0.233 e. The number of benzene rings is 1. The van der Waals surface area contributed by atoms with E-state index in [0.717, 1.165) is 18.4 Å². The Balaban J connectivity index is 1.65. The number of rotatable bonds is 5. The maximum atomic E-state index is 12.4. The lowest BCUT2D eigenvalue weighted by molar-refractivity contribution is -0.121. The molecule has 3 N–H and O–H groups in total. The van der Waals surface area contributed by atoms with E-state index in [9.17, 15) is 4.79 Å². The summed E-state index contributed by atoms with van der Waals surface area (Å²) >= 11 is 7.32. The summed E-state index contributed by atoms with van der Waals surface area (Å²) in [6, 6.07) is 7.56. The van der Waals surface area contributed by atoms with Crippen LogP contribution in [0.5, 0.6) is 0 Å². The summed E-state index contributed by atoms with van der Waals surface area (Å²) in [7, 11) is 0. The van der Waals surface area contributed by atoms with Crippen LogP contribution in [-0.4, -0.2) is 32.1 Å². The maximum Gasteiger partial charge on any atom is 0.233 e. The number of halogens is 1. The lowest BCUT2D eigenvalue weighted by Gasteiger charge is -2.24. The average molecular weight is 380 g/mol. The number of nitrogen functional groups attached to an aromatic ring is 1. The quantitative estimate of drug-likeness (QED) is 0.615. The number of thioether (sulfide) groups is 1. The van der Waals surface area contributed by atoms with Crippen LogP contribution in [0.3, 0.4) is 0 Å². The molecule has 1 heterocycles. The zero-order valence-electron chi connectivity index (χ0n) is 14.1. The molecule has 3 rings (SSSR count). The van der Waals surface area contributed by atoms with E-state index in [1.807, 2.05) is 19.1 Å². The highest BCUT2D eigenvalue weighted by molar-refractivity contribution is 8.00. The summed E-state index contributed by atoms with van der Waals surface area (Å²) in [6.07, 6.45) is 5.77. The minimum Gasteiger partial charge on any atom is -0.352 e. The normalized spacial score (nSPS) is 16.6. The zero-order valence-corrected chi connectivity index (χ0v) is 15.7. The van der Waals surface area contributed by atoms with Gasteiger partial charge in [-0.2, -0.15) is 0 Å². The second-order valence-corrected chi connectivity index (χ2v) is 8.03. The fourth-order valence-electron chi connectivity index (χ4n) is 2.96. The van der Waals surface area contributed by atoms with Crippen LogP contribution in [-0.2, 0) is 4.79 Å². The van der Waals surface area contributed by atoms with Gasteiger partial charge in [0.05, 0.1) is 5.25 Å². The summed E-state index contributed by atoms with van der Waals surface area (Å²) in [5.74, 6) is 6.65. The third-order valence-electron chi connectivity index (χ3n) is 4.35. The Bertz CT molecular complexity index is 744. The van der Waals surface area contributed by atoms with Crippen molar-refractivity contribution >= 4 is 29.3 Å². The van der Waals surface area contributed by atoms with Crippen LogP contribution in [0.4, 0.5) is 0 Å². The molecule has 1 atom stereocenters. The Morgan fingerprint density at radius 2 is 2.12 bits per heavy atom. The van der Waals surface area contributed by atoms with Gasteiger partial charge in [0.15, 0.2) is 5.82 Å². The minimum atomic E-state index is -0.291. The summed E-state index contributed by atoms with van der Waals surface area (Å²) in [6.45, 7) is 1.86. The van der Waals surface area contributed by atoms with Gasteiger partial charge < -0.3 is 11.2 Å². The van der Waals surface area contributed by atoms with Gasteiger partial charge in [0.25, 0.3) is 0 Å². The van der Waals surface area contributed by atoms with Crippen molar-refractivity contribution in [3.63, 3.8) is 0 Å². The largest absolute Gasteiger partial charge is 0.352 e. The van der Waals surface area contributed by atoms with Gasteiger partial charge in [0.1, 0.15) is 0 Å². The number of aromatic nitrogens is 3. The highest BCUT2D eigenvalue weighted by atomic mass is 35.5. The number of carbonyl (C=O) groups is 1. The van der Waals surface area contributed by atoms with E-state index >= 15 is 0 Å². The van der Waals surface area contributed by atoms with Gasteiger partial charge in [-0.25, -0.2) is 4.68 Å². The number of nitrogens with two attached hydrogens (primary N) is 1. The highest BCUT2D eigenvalue weighted by Crippen LogP contribution is 2.26. The molecule has 0 spiro atoms. The van der Waals surface area contributed by atoms with E-state index in [2.05, 4.69) is 15.5 Å². The van der Waals surface area contributed by atoms with Crippen LogP contribution < -0.4 is 11.2 Å². The van der Waals surface area contributed by atoms with E-state index in [4.69, 9.17) is 17.4 Å². The monoisotopic (exact) mass is 379 g/mol. The number of amides is 1. The van der Waals surface area contributed by atoms with E-state index in [-0.39, 0.29) is 11.2 Å². The van der Waals surface area contributed by atoms with Crippen LogP contribution in [0.25, 0.3) is 11.4 Å². The second-order valence-electron chi connectivity index (χ2n) is 6.29. The van der Waals surface area contributed by atoms with E-state index in [1.54, 1.807) is 12.1 Å². The van der Waals surface area contributed by atoms with Gasteiger partial charge in [-0.15, -0.1) is 10.2 Å². The Hall–Kier alpha value is -1.73. The van der Waals surface area contributed by atoms with Crippen LogP contribution in [0, 0.1) is 0 Å². The maximum absolute atomic E-state index is 12.4. The molecular weight excluding hydrogens is 358 g/mol. The Morgan fingerprint density at radius 1 is 1.36 bits per heavy atom. The molecule has 1 saturated carbocycles. The molecule has 8 heteroatoms. The highest BCUT2D eigenvalue weighted by Gasteiger charge is 2.23. The molecule has 0 unspecified atom stereocenters. The number of nitrogens with one attached hydrogen (secondary N) is 1. The summed E-state index contributed by atoms with van der Waals surface area (Å²) in [5.41, 5.74) is 0.786. The van der Waals surface area contributed by atoms with Crippen LogP contribution in [0.1, 0.15) is 39.0 Å². The summed E-state index contributed by atoms with van der Waals surface area (Å²) in [4.78, 5) is 12.4. The fourth-order valence-corrected chi connectivity index (χ4v) is 3.93. The summed E-state index contributed by atoms with van der Waals surface area (Å²) in [5, 5.41) is 12.2. The van der Waals surface area contributed by atoms with Crippen molar-refractivity contribution in [1.29, 1.82) is 0 Å². The molecule has 1 amide bonds. The van der Waals surface area contributed by atoms with E-state index < -0.39 is 0 Å². The first-order valence-electron chi connectivity index (χ1n) is 8.48. The van der Waals surface area contributed by atoms with Crippen molar-refractivity contribution in [2.45, 2.75) is 55.5 Å². The molecule has 1 aliphatic carbocycles. The van der Waals surface area contributed by atoms with Crippen molar-refractivity contribution in [1.82, 2.24) is 20.2 Å². The Morgan fingerprint density at radius 3 is 2.84 bits per heavy atom. The summed E-state index contributed by atoms with van der Waals surface area (Å²) < 4.78 is 1.40. The molecule has 25 heavy (non-hydrogen) atoms. The molecule has 1 fully saturated rings. The number of hydrogen-bond donors (Lipinski definition) is 2. The topological polar surface area (TPSA) is 85.8 Å². The molecule has 1 aromatic carbocycles. The molecule has 0 radical (unpaired) electrons.